The molecule has 2 N–H and O–H groups in total. The van der Waals surface area contributed by atoms with E-state index in [1.54, 1.807) is 24.3 Å². The van der Waals surface area contributed by atoms with Crippen LogP contribution in [0.3, 0.4) is 0 Å². The molecule has 0 unspecified atom stereocenters. The number of anilines is 1. The Morgan fingerprint density at radius 3 is 2.22 bits per heavy atom. The Morgan fingerprint density at radius 2 is 1.67 bits per heavy atom. The molecule has 0 bridgehead atoms. The van der Waals surface area contributed by atoms with E-state index in [4.69, 9.17) is 15.2 Å². The summed E-state index contributed by atoms with van der Waals surface area (Å²) < 4.78 is 15.5. The van der Waals surface area contributed by atoms with Gasteiger partial charge in [0, 0.05) is 12.1 Å². The van der Waals surface area contributed by atoms with Gasteiger partial charge in [-0.2, -0.15) is 0 Å². The monoisotopic (exact) mass is 370 g/mol. The van der Waals surface area contributed by atoms with E-state index >= 15 is 0 Å². The third-order valence-electron chi connectivity index (χ3n) is 4.19. The van der Waals surface area contributed by atoms with Crippen LogP contribution in [0.15, 0.2) is 36.4 Å². The Labute approximate surface area is 155 Å². The standard InChI is InChI=1S/C19H18N2O6/c1-25-15-10-14(20)13(19(24)26-2)9-16(15)27-8-7-21-17(22)11-5-3-4-6-12(11)18(21)23/h3-6,9-10H,7-8,20H2,1-2H3. The SMILES string of the molecule is COC(=O)c1cc(OCCN2C(=O)c3ccccc3C2=O)c(OC)cc1N. The van der Waals surface area contributed by atoms with Gasteiger partial charge in [-0.1, -0.05) is 12.1 Å². The number of hydrogen-bond donors (Lipinski definition) is 1. The van der Waals surface area contributed by atoms with Crippen molar-refractivity contribution in [2.45, 2.75) is 0 Å². The van der Waals surface area contributed by atoms with Gasteiger partial charge in [-0.15, -0.1) is 0 Å². The minimum Gasteiger partial charge on any atom is -0.493 e. The summed E-state index contributed by atoms with van der Waals surface area (Å²) >= 11 is 0. The van der Waals surface area contributed by atoms with Crippen LogP contribution >= 0.6 is 0 Å². The molecule has 8 nitrogen and oxygen atoms in total. The van der Waals surface area contributed by atoms with E-state index in [1.807, 2.05) is 0 Å². The lowest BCUT2D eigenvalue weighted by Crippen LogP contribution is -2.33. The first-order valence-electron chi connectivity index (χ1n) is 8.11. The lowest BCUT2D eigenvalue weighted by Gasteiger charge is -2.17. The van der Waals surface area contributed by atoms with Gasteiger partial charge in [0.05, 0.1) is 43.1 Å². The number of carbonyl (C=O) groups is 3. The number of hydrogen-bond acceptors (Lipinski definition) is 7. The summed E-state index contributed by atoms with van der Waals surface area (Å²) in [7, 11) is 2.68. The molecule has 0 aromatic heterocycles. The molecule has 2 aromatic carbocycles. The highest BCUT2D eigenvalue weighted by Crippen LogP contribution is 2.32. The van der Waals surface area contributed by atoms with Gasteiger partial charge in [0.15, 0.2) is 11.5 Å². The molecule has 0 aliphatic carbocycles. The molecule has 0 saturated carbocycles. The average molecular weight is 370 g/mol. The molecule has 0 atom stereocenters. The van der Waals surface area contributed by atoms with E-state index in [-0.39, 0.29) is 42.0 Å². The molecule has 1 aliphatic heterocycles. The van der Waals surface area contributed by atoms with Crippen molar-refractivity contribution in [1.82, 2.24) is 4.90 Å². The molecule has 2 aromatic rings. The molecule has 0 fully saturated rings. The number of imide groups is 1. The number of methoxy groups -OCH3 is 2. The fourth-order valence-corrected chi connectivity index (χ4v) is 2.82. The van der Waals surface area contributed by atoms with Crippen molar-refractivity contribution in [1.29, 1.82) is 0 Å². The molecule has 0 radical (unpaired) electrons. The molecular weight excluding hydrogens is 352 g/mol. The highest BCUT2D eigenvalue weighted by Gasteiger charge is 2.34. The van der Waals surface area contributed by atoms with Crippen LogP contribution in [0.2, 0.25) is 0 Å². The Kier molecular flexibility index (Phi) is 4.98. The first-order chi connectivity index (χ1) is 13.0. The molecule has 3 rings (SSSR count). The maximum Gasteiger partial charge on any atom is 0.340 e. The topological polar surface area (TPSA) is 108 Å². The predicted octanol–water partition coefficient (Wildman–Crippen LogP) is 1.74. The molecule has 8 heteroatoms. The smallest absolute Gasteiger partial charge is 0.340 e. The maximum atomic E-state index is 12.3. The van der Waals surface area contributed by atoms with Crippen LogP contribution in [0.4, 0.5) is 5.69 Å². The summed E-state index contributed by atoms with van der Waals surface area (Å²) in [5.74, 6) is -0.760. The van der Waals surface area contributed by atoms with Crippen molar-refractivity contribution in [2.24, 2.45) is 0 Å². The summed E-state index contributed by atoms with van der Waals surface area (Å²) in [5, 5.41) is 0. The second-order valence-corrected chi connectivity index (χ2v) is 5.74. The Balaban J connectivity index is 1.73. The number of rotatable bonds is 6. The Bertz CT molecular complexity index is 889. The van der Waals surface area contributed by atoms with Crippen molar-refractivity contribution in [3.05, 3.63) is 53.1 Å². The molecular formula is C19H18N2O6. The molecule has 1 aliphatic rings. The van der Waals surface area contributed by atoms with Gasteiger partial charge < -0.3 is 19.9 Å². The van der Waals surface area contributed by atoms with Crippen molar-refractivity contribution in [3.8, 4) is 11.5 Å². The summed E-state index contributed by atoms with van der Waals surface area (Å²) in [5.41, 5.74) is 6.89. The van der Waals surface area contributed by atoms with Gasteiger partial charge in [-0.05, 0) is 12.1 Å². The van der Waals surface area contributed by atoms with Crippen LogP contribution in [0, 0.1) is 0 Å². The summed E-state index contributed by atoms with van der Waals surface area (Å²) in [6, 6.07) is 9.49. The zero-order valence-electron chi connectivity index (χ0n) is 14.9. The third kappa shape index (κ3) is 3.29. The third-order valence-corrected chi connectivity index (χ3v) is 4.19. The van der Waals surface area contributed by atoms with Crippen LogP contribution in [0.5, 0.6) is 11.5 Å². The number of carbonyl (C=O) groups excluding carboxylic acids is 3. The summed E-state index contributed by atoms with van der Waals surface area (Å²) in [6.07, 6.45) is 0. The van der Waals surface area contributed by atoms with Crippen LogP contribution in [-0.4, -0.2) is 50.1 Å². The van der Waals surface area contributed by atoms with E-state index in [2.05, 4.69) is 4.74 Å². The second kappa shape index (κ2) is 7.36. The largest absolute Gasteiger partial charge is 0.493 e. The Morgan fingerprint density at radius 1 is 1.04 bits per heavy atom. The lowest BCUT2D eigenvalue weighted by molar-refractivity contribution is 0.0600. The minimum absolute atomic E-state index is 0.0202. The van der Waals surface area contributed by atoms with Gasteiger partial charge in [0.25, 0.3) is 11.8 Å². The highest BCUT2D eigenvalue weighted by molar-refractivity contribution is 6.21. The lowest BCUT2D eigenvalue weighted by atomic mass is 10.1. The van der Waals surface area contributed by atoms with Gasteiger partial charge >= 0.3 is 5.97 Å². The summed E-state index contributed by atoms with van der Waals surface area (Å²) in [4.78, 5) is 37.6. The fraction of sp³-hybridized carbons (Fsp3) is 0.211. The van der Waals surface area contributed by atoms with Crippen molar-refractivity contribution in [2.75, 3.05) is 33.1 Å². The molecule has 0 spiro atoms. The number of nitrogen functional groups attached to an aromatic ring is 1. The quantitative estimate of drug-likeness (QED) is 0.469. The van der Waals surface area contributed by atoms with Crippen molar-refractivity contribution >= 4 is 23.5 Å². The number of ether oxygens (including phenoxy) is 3. The minimum atomic E-state index is -0.611. The fourth-order valence-electron chi connectivity index (χ4n) is 2.82. The number of benzene rings is 2. The zero-order valence-corrected chi connectivity index (χ0v) is 14.9. The van der Waals surface area contributed by atoms with E-state index in [0.29, 0.717) is 16.9 Å². The predicted molar refractivity (Wildman–Crippen MR) is 96.0 cm³/mol. The normalized spacial score (nSPS) is 12.7. The first-order valence-corrected chi connectivity index (χ1v) is 8.11. The number of amides is 2. The molecule has 2 amide bonds. The molecule has 27 heavy (non-hydrogen) atoms. The zero-order chi connectivity index (χ0) is 19.6. The van der Waals surface area contributed by atoms with Gasteiger partial charge in [-0.3, -0.25) is 14.5 Å². The van der Waals surface area contributed by atoms with Crippen LogP contribution in [0.1, 0.15) is 31.1 Å². The molecule has 140 valence electrons. The van der Waals surface area contributed by atoms with E-state index < -0.39 is 5.97 Å². The van der Waals surface area contributed by atoms with Crippen molar-refractivity contribution in [3.63, 3.8) is 0 Å². The van der Waals surface area contributed by atoms with Crippen molar-refractivity contribution < 1.29 is 28.6 Å². The van der Waals surface area contributed by atoms with Gasteiger partial charge in [-0.25, -0.2) is 4.79 Å². The number of nitrogens with zero attached hydrogens (tertiary/aromatic N) is 1. The first kappa shape index (κ1) is 18.2. The molecule has 1 heterocycles. The number of nitrogens with two attached hydrogens (primary N) is 1. The summed E-state index contributed by atoms with van der Waals surface area (Å²) in [6.45, 7) is 0.0692. The Hall–Kier alpha value is -3.55. The van der Waals surface area contributed by atoms with Gasteiger partial charge in [0.2, 0.25) is 0 Å². The van der Waals surface area contributed by atoms with E-state index in [1.165, 1.54) is 26.4 Å². The highest BCUT2D eigenvalue weighted by atomic mass is 16.5. The van der Waals surface area contributed by atoms with Crippen LogP contribution < -0.4 is 15.2 Å². The second-order valence-electron chi connectivity index (χ2n) is 5.74. The van der Waals surface area contributed by atoms with Crippen LogP contribution in [-0.2, 0) is 4.74 Å². The van der Waals surface area contributed by atoms with E-state index in [9.17, 15) is 14.4 Å². The number of esters is 1. The maximum absolute atomic E-state index is 12.3. The van der Waals surface area contributed by atoms with Crippen LogP contribution in [0.25, 0.3) is 0 Å². The average Bonchev–Trinajstić information content (AvgIpc) is 2.93. The van der Waals surface area contributed by atoms with E-state index in [0.717, 1.165) is 4.90 Å². The number of fused-ring (bicyclic) bond motifs is 1. The van der Waals surface area contributed by atoms with Gasteiger partial charge in [0.1, 0.15) is 6.61 Å². The molecule has 0 saturated heterocycles.